The minimum Gasteiger partial charge on any atom is -0.269 e. The number of benzene rings is 1. The molecule has 0 spiro atoms. The van der Waals surface area contributed by atoms with Gasteiger partial charge in [-0.15, -0.1) is 0 Å². The molecule has 0 fully saturated rings. The molecule has 0 aliphatic heterocycles. The van der Waals surface area contributed by atoms with Crippen LogP contribution in [-0.4, -0.2) is 9.78 Å². The summed E-state index contributed by atoms with van der Waals surface area (Å²) < 4.78 is 27.7. The van der Waals surface area contributed by atoms with E-state index < -0.39 is 6.43 Å². The van der Waals surface area contributed by atoms with Crippen molar-refractivity contribution >= 4 is 11.6 Å². The van der Waals surface area contributed by atoms with Gasteiger partial charge in [0.05, 0.1) is 16.1 Å². The zero-order valence-electron chi connectivity index (χ0n) is 10.9. The van der Waals surface area contributed by atoms with Crippen LogP contribution in [0.2, 0.25) is 5.02 Å². The Morgan fingerprint density at radius 2 is 2.05 bits per heavy atom. The molecule has 0 aliphatic carbocycles. The second kappa shape index (κ2) is 5.59. The maximum absolute atomic E-state index is 13.1. The number of hydrogen-bond donors (Lipinski definition) is 0. The largest absolute Gasteiger partial charge is 0.269 e. The summed E-state index contributed by atoms with van der Waals surface area (Å²) in [5, 5.41) is 13.2. The first-order valence-electron chi connectivity index (χ1n) is 6.01. The number of aromatic nitrogens is 2. The third-order valence-electron chi connectivity index (χ3n) is 2.89. The van der Waals surface area contributed by atoms with Crippen molar-refractivity contribution in [3.05, 3.63) is 40.5 Å². The molecule has 0 bridgehead atoms. The molecule has 3 nitrogen and oxygen atoms in total. The number of rotatable bonds is 3. The van der Waals surface area contributed by atoms with Crippen molar-refractivity contribution in [3.63, 3.8) is 0 Å². The van der Waals surface area contributed by atoms with Crippen LogP contribution in [0, 0.1) is 11.3 Å². The summed E-state index contributed by atoms with van der Waals surface area (Å²) in [6.07, 6.45) is -1.27. The third kappa shape index (κ3) is 2.66. The quantitative estimate of drug-likeness (QED) is 0.831. The summed E-state index contributed by atoms with van der Waals surface area (Å²) in [6.45, 7) is 3.72. The number of alkyl halides is 2. The van der Waals surface area contributed by atoms with Gasteiger partial charge in [0.1, 0.15) is 11.8 Å². The molecule has 1 aromatic heterocycles. The van der Waals surface area contributed by atoms with E-state index in [0.29, 0.717) is 11.1 Å². The highest BCUT2D eigenvalue weighted by Crippen LogP contribution is 2.32. The highest BCUT2D eigenvalue weighted by atomic mass is 35.5. The Morgan fingerprint density at radius 3 is 2.55 bits per heavy atom. The molecule has 0 saturated carbocycles. The van der Waals surface area contributed by atoms with Gasteiger partial charge in [0.25, 0.3) is 6.43 Å². The monoisotopic (exact) mass is 295 g/mol. The van der Waals surface area contributed by atoms with Crippen molar-refractivity contribution in [1.82, 2.24) is 9.78 Å². The van der Waals surface area contributed by atoms with Crippen molar-refractivity contribution in [2.24, 2.45) is 0 Å². The molecule has 6 heteroatoms. The van der Waals surface area contributed by atoms with Gasteiger partial charge in [-0.25, -0.2) is 8.78 Å². The highest BCUT2D eigenvalue weighted by molar-refractivity contribution is 6.32. The van der Waals surface area contributed by atoms with Crippen LogP contribution in [-0.2, 0) is 0 Å². The van der Waals surface area contributed by atoms with Crippen molar-refractivity contribution < 1.29 is 8.78 Å². The third-order valence-corrected chi connectivity index (χ3v) is 3.20. The van der Waals surface area contributed by atoms with Crippen LogP contribution in [0.4, 0.5) is 8.78 Å². The maximum Gasteiger partial charge on any atom is 0.267 e. The SMILES string of the molecule is CC(C)n1cc(C(F)F)c(-c2ccc(C#N)c(Cl)c2)n1. The van der Waals surface area contributed by atoms with Gasteiger partial charge in [-0.1, -0.05) is 17.7 Å². The van der Waals surface area contributed by atoms with Crippen LogP contribution in [0.5, 0.6) is 0 Å². The fourth-order valence-electron chi connectivity index (χ4n) is 1.81. The van der Waals surface area contributed by atoms with Gasteiger partial charge >= 0.3 is 0 Å². The number of halogens is 3. The summed E-state index contributed by atoms with van der Waals surface area (Å²) in [5.41, 5.74) is 0.834. The zero-order valence-corrected chi connectivity index (χ0v) is 11.7. The number of nitriles is 1. The van der Waals surface area contributed by atoms with Gasteiger partial charge in [0.15, 0.2) is 0 Å². The molecule has 104 valence electrons. The zero-order chi connectivity index (χ0) is 14.9. The molecule has 20 heavy (non-hydrogen) atoms. The van der Waals surface area contributed by atoms with Crippen LogP contribution in [0.15, 0.2) is 24.4 Å². The van der Waals surface area contributed by atoms with Gasteiger partial charge in [0.2, 0.25) is 0 Å². The van der Waals surface area contributed by atoms with E-state index in [1.54, 1.807) is 6.07 Å². The summed E-state index contributed by atoms with van der Waals surface area (Å²) in [4.78, 5) is 0. The molecular formula is C14H12ClF2N3. The summed E-state index contributed by atoms with van der Waals surface area (Å²) in [7, 11) is 0. The van der Waals surface area contributed by atoms with Gasteiger partial charge in [0, 0.05) is 17.8 Å². The average Bonchev–Trinajstić information content (AvgIpc) is 2.84. The molecule has 0 amide bonds. The number of nitrogens with zero attached hydrogens (tertiary/aromatic N) is 3. The molecular weight excluding hydrogens is 284 g/mol. The van der Waals surface area contributed by atoms with Crippen LogP contribution in [0.3, 0.4) is 0 Å². The second-order valence-electron chi connectivity index (χ2n) is 4.61. The molecule has 0 radical (unpaired) electrons. The van der Waals surface area contributed by atoms with Gasteiger partial charge < -0.3 is 0 Å². The highest BCUT2D eigenvalue weighted by Gasteiger charge is 2.20. The van der Waals surface area contributed by atoms with E-state index in [2.05, 4.69) is 5.10 Å². The summed E-state index contributed by atoms with van der Waals surface area (Å²) in [5.74, 6) is 0. The van der Waals surface area contributed by atoms with E-state index in [9.17, 15) is 8.78 Å². The van der Waals surface area contributed by atoms with E-state index in [0.717, 1.165) is 0 Å². The standard InChI is InChI=1S/C14H12ClF2N3/c1-8(2)20-7-11(14(16)17)13(19-20)9-3-4-10(6-18)12(15)5-9/h3-5,7-8,14H,1-2H3. The van der Waals surface area contributed by atoms with Gasteiger partial charge in [-0.3, -0.25) is 4.68 Å². The summed E-state index contributed by atoms with van der Waals surface area (Å²) >= 11 is 5.94. The Bertz CT molecular complexity index is 672. The minimum atomic E-state index is -2.62. The van der Waals surface area contributed by atoms with E-state index >= 15 is 0 Å². The lowest BCUT2D eigenvalue weighted by Gasteiger charge is -2.04. The number of hydrogen-bond acceptors (Lipinski definition) is 2. The minimum absolute atomic E-state index is 0.0184. The predicted octanol–water partition coefficient (Wildman–Crippen LogP) is 4.59. The van der Waals surface area contributed by atoms with Crippen molar-refractivity contribution in [2.45, 2.75) is 26.3 Å². The maximum atomic E-state index is 13.1. The molecule has 0 N–H and O–H groups in total. The molecule has 1 aromatic carbocycles. The van der Waals surface area contributed by atoms with Gasteiger partial charge in [-0.2, -0.15) is 10.4 Å². The Balaban J connectivity index is 2.57. The fraction of sp³-hybridized carbons (Fsp3) is 0.286. The van der Waals surface area contributed by atoms with Crippen molar-refractivity contribution in [3.8, 4) is 17.3 Å². The average molecular weight is 296 g/mol. The normalized spacial score (nSPS) is 11.1. The topological polar surface area (TPSA) is 41.6 Å². The smallest absolute Gasteiger partial charge is 0.267 e. The van der Waals surface area contributed by atoms with E-state index in [-0.39, 0.29) is 22.3 Å². The lowest BCUT2D eigenvalue weighted by molar-refractivity contribution is 0.152. The first-order chi connectivity index (χ1) is 9.43. The van der Waals surface area contributed by atoms with Gasteiger partial charge in [-0.05, 0) is 26.0 Å². The molecule has 1 heterocycles. The predicted molar refractivity (Wildman–Crippen MR) is 72.7 cm³/mol. The molecule has 2 aromatic rings. The molecule has 2 rings (SSSR count). The van der Waals surface area contributed by atoms with E-state index in [4.69, 9.17) is 16.9 Å². The molecule has 0 unspecified atom stereocenters. The first kappa shape index (κ1) is 14.5. The molecule has 0 atom stereocenters. The van der Waals surface area contributed by atoms with Crippen molar-refractivity contribution in [2.75, 3.05) is 0 Å². The Labute approximate surface area is 120 Å². The lowest BCUT2D eigenvalue weighted by atomic mass is 10.1. The first-order valence-corrected chi connectivity index (χ1v) is 6.39. The van der Waals surface area contributed by atoms with Crippen LogP contribution in [0.25, 0.3) is 11.3 Å². The van der Waals surface area contributed by atoms with E-state index in [1.165, 1.54) is 23.0 Å². The van der Waals surface area contributed by atoms with Crippen molar-refractivity contribution in [1.29, 1.82) is 5.26 Å². The Hall–Kier alpha value is -1.93. The Kier molecular flexibility index (Phi) is 4.05. The van der Waals surface area contributed by atoms with Crippen LogP contribution < -0.4 is 0 Å². The van der Waals surface area contributed by atoms with E-state index in [1.807, 2.05) is 19.9 Å². The van der Waals surface area contributed by atoms with Crippen LogP contribution in [0.1, 0.15) is 37.4 Å². The second-order valence-corrected chi connectivity index (χ2v) is 5.02. The van der Waals surface area contributed by atoms with Crippen LogP contribution >= 0.6 is 11.6 Å². The lowest BCUT2D eigenvalue weighted by Crippen LogP contribution is -2.00. The fourth-order valence-corrected chi connectivity index (χ4v) is 2.03. The Morgan fingerprint density at radius 1 is 1.35 bits per heavy atom. The summed E-state index contributed by atoms with van der Waals surface area (Å²) in [6, 6.07) is 6.47. The molecule has 0 aliphatic rings. The molecule has 0 saturated heterocycles.